The Morgan fingerprint density at radius 2 is 2.17 bits per heavy atom. The number of rotatable bonds is 5. The van der Waals surface area contributed by atoms with E-state index in [-0.39, 0.29) is 0 Å². The number of hydrogen-bond acceptors (Lipinski definition) is 3. The number of nitrogens with zero attached hydrogens (tertiary/aromatic N) is 3. The fourth-order valence-electron chi connectivity index (χ4n) is 1.63. The molecule has 0 unspecified atom stereocenters. The monoisotopic (exact) mass is 284 g/mol. The van der Waals surface area contributed by atoms with Gasteiger partial charge in [-0.15, -0.1) is 5.10 Å². The van der Waals surface area contributed by atoms with Gasteiger partial charge in [-0.1, -0.05) is 41.4 Å². The lowest BCUT2D eigenvalue weighted by Gasteiger charge is -2.09. The highest BCUT2D eigenvalue weighted by Crippen LogP contribution is 2.28. The van der Waals surface area contributed by atoms with Gasteiger partial charge in [0.25, 0.3) is 0 Å². The molecule has 0 aliphatic rings. The van der Waals surface area contributed by atoms with Crippen LogP contribution in [-0.2, 0) is 6.54 Å². The Morgan fingerprint density at radius 3 is 2.94 bits per heavy atom. The topological polar surface area (TPSA) is 42.7 Å². The molecule has 2 aromatic rings. The van der Waals surface area contributed by atoms with Crippen molar-refractivity contribution >= 4 is 23.2 Å². The van der Waals surface area contributed by atoms with Crippen LogP contribution in [0.15, 0.2) is 24.4 Å². The molecule has 0 radical (unpaired) electrons. The van der Waals surface area contributed by atoms with Crippen molar-refractivity contribution in [3.63, 3.8) is 0 Å². The standard InChI is InChI=1S/C12H14Cl2N4/c1-2-6-15-7-9-8-16-17-18(9)11-5-3-4-10(13)12(11)14/h3-5,8,15H,2,6-7H2,1H3. The van der Waals surface area contributed by atoms with Crippen LogP contribution in [0.3, 0.4) is 0 Å². The molecule has 4 nitrogen and oxygen atoms in total. The summed E-state index contributed by atoms with van der Waals surface area (Å²) in [7, 11) is 0. The van der Waals surface area contributed by atoms with Gasteiger partial charge in [-0.05, 0) is 25.1 Å². The van der Waals surface area contributed by atoms with Crippen LogP contribution in [0.2, 0.25) is 10.0 Å². The van der Waals surface area contributed by atoms with Gasteiger partial charge < -0.3 is 5.32 Å². The highest BCUT2D eigenvalue weighted by atomic mass is 35.5. The van der Waals surface area contributed by atoms with E-state index in [1.165, 1.54) is 0 Å². The van der Waals surface area contributed by atoms with E-state index in [4.69, 9.17) is 23.2 Å². The van der Waals surface area contributed by atoms with Crippen molar-refractivity contribution < 1.29 is 0 Å². The Kier molecular flexibility index (Phi) is 4.58. The van der Waals surface area contributed by atoms with Crippen LogP contribution in [0.4, 0.5) is 0 Å². The van der Waals surface area contributed by atoms with Crippen LogP contribution in [0.5, 0.6) is 0 Å². The van der Waals surface area contributed by atoms with E-state index >= 15 is 0 Å². The Morgan fingerprint density at radius 1 is 1.33 bits per heavy atom. The lowest BCUT2D eigenvalue weighted by molar-refractivity contribution is 0.641. The average molecular weight is 285 g/mol. The molecule has 1 N–H and O–H groups in total. The molecule has 0 aliphatic heterocycles. The zero-order valence-corrected chi connectivity index (χ0v) is 11.5. The molecule has 0 saturated carbocycles. The summed E-state index contributed by atoms with van der Waals surface area (Å²) in [5, 5.41) is 12.3. The maximum Gasteiger partial charge on any atom is 0.0868 e. The smallest absolute Gasteiger partial charge is 0.0868 e. The Balaban J connectivity index is 2.28. The quantitative estimate of drug-likeness (QED) is 0.858. The van der Waals surface area contributed by atoms with E-state index in [1.54, 1.807) is 16.9 Å². The third-order valence-corrected chi connectivity index (χ3v) is 3.32. The van der Waals surface area contributed by atoms with Crippen molar-refractivity contribution in [2.45, 2.75) is 19.9 Å². The van der Waals surface area contributed by atoms with Crippen molar-refractivity contribution in [2.24, 2.45) is 0 Å². The first-order valence-corrected chi connectivity index (χ1v) is 6.54. The number of hydrogen-bond donors (Lipinski definition) is 1. The Labute approximate surface area is 116 Å². The van der Waals surface area contributed by atoms with Crippen LogP contribution in [-0.4, -0.2) is 21.5 Å². The molecule has 2 rings (SSSR count). The van der Waals surface area contributed by atoms with Crippen molar-refractivity contribution in [1.82, 2.24) is 20.3 Å². The molecular weight excluding hydrogens is 271 g/mol. The first-order valence-electron chi connectivity index (χ1n) is 5.78. The second kappa shape index (κ2) is 6.18. The third kappa shape index (κ3) is 2.83. The largest absolute Gasteiger partial charge is 0.311 e. The molecule has 18 heavy (non-hydrogen) atoms. The minimum atomic E-state index is 0.487. The van der Waals surface area contributed by atoms with Gasteiger partial charge in [-0.2, -0.15) is 0 Å². The molecule has 0 fully saturated rings. The Bertz CT molecular complexity index is 525. The van der Waals surface area contributed by atoms with E-state index in [0.717, 1.165) is 24.3 Å². The molecule has 0 saturated heterocycles. The first-order chi connectivity index (χ1) is 8.74. The summed E-state index contributed by atoms with van der Waals surface area (Å²) in [6.45, 7) is 3.77. The summed E-state index contributed by atoms with van der Waals surface area (Å²) in [5.41, 5.74) is 1.70. The van der Waals surface area contributed by atoms with Crippen LogP contribution in [0.25, 0.3) is 5.69 Å². The minimum absolute atomic E-state index is 0.487. The zero-order valence-electron chi connectivity index (χ0n) is 10.0. The SMILES string of the molecule is CCCNCc1cnnn1-c1cccc(Cl)c1Cl. The maximum absolute atomic E-state index is 6.18. The minimum Gasteiger partial charge on any atom is -0.311 e. The molecule has 0 atom stereocenters. The van der Waals surface area contributed by atoms with Gasteiger partial charge in [0.05, 0.1) is 27.6 Å². The molecule has 6 heteroatoms. The van der Waals surface area contributed by atoms with Gasteiger partial charge in [0, 0.05) is 6.54 Å². The number of benzene rings is 1. The van der Waals surface area contributed by atoms with Gasteiger partial charge in [-0.25, -0.2) is 4.68 Å². The number of halogens is 2. The molecule has 0 spiro atoms. The molecule has 1 heterocycles. The van der Waals surface area contributed by atoms with Crippen LogP contribution in [0.1, 0.15) is 19.0 Å². The second-order valence-electron chi connectivity index (χ2n) is 3.89. The van der Waals surface area contributed by atoms with E-state index in [0.29, 0.717) is 16.6 Å². The molecular formula is C12H14Cl2N4. The Hall–Kier alpha value is -1.10. The molecule has 1 aromatic heterocycles. The van der Waals surface area contributed by atoms with Gasteiger partial charge in [0.1, 0.15) is 0 Å². The highest BCUT2D eigenvalue weighted by Gasteiger charge is 2.11. The highest BCUT2D eigenvalue weighted by molar-refractivity contribution is 6.43. The van der Waals surface area contributed by atoms with Gasteiger partial charge in [0.15, 0.2) is 0 Å². The molecule has 0 bridgehead atoms. The summed E-state index contributed by atoms with van der Waals surface area (Å²) in [6.07, 6.45) is 2.80. The van der Waals surface area contributed by atoms with Crippen molar-refractivity contribution in [1.29, 1.82) is 0 Å². The molecule has 1 aromatic carbocycles. The number of nitrogens with one attached hydrogen (secondary N) is 1. The fourth-order valence-corrected chi connectivity index (χ4v) is 2.00. The van der Waals surface area contributed by atoms with Crippen LogP contribution < -0.4 is 5.32 Å². The maximum atomic E-state index is 6.18. The van der Waals surface area contributed by atoms with E-state index < -0.39 is 0 Å². The van der Waals surface area contributed by atoms with E-state index in [1.807, 2.05) is 12.1 Å². The van der Waals surface area contributed by atoms with Gasteiger partial charge in [0.2, 0.25) is 0 Å². The summed E-state index contributed by atoms with van der Waals surface area (Å²) in [4.78, 5) is 0. The normalized spacial score (nSPS) is 10.8. The lowest BCUT2D eigenvalue weighted by Crippen LogP contribution is -2.17. The lowest BCUT2D eigenvalue weighted by atomic mass is 10.3. The zero-order chi connectivity index (χ0) is 13.0. The van der Waals surface area contributed by atoms with E-state index in [9.17, 15) is 0 Å². The molecule has 0 amide bonds. The molecule has 0 aliphatic carbocycles. The van der Waals surface area contributed by atoms with Crippen molar-refractivity contribution in [3.05, 3.63) is 40.1 Å². The first kappa shape index (κ1) is 13.3. The van der Waals surface area contributed by atoms with Crippen LogP contribution in [0, 0.1) is 0 Å². The van der Waals surface area contributed by atoms with E-state index in [2.05, 4.69) is 22.6 Å². The second-order valence-corrected chi connectivity index (χ2v) is 4.67. The predicted molar refractivity (Wildman–Crippen MR) is 73.4 cm³/mol. The fraction of sp³-hybridized carbons (Fsp3) is 0.333. The third-order valence-electron chi connectivity index (χ3n) is 2.51. The number of aromatic nitrogens is 3. The summed E-state index contributed by atoms with van der Waals surface area (Å²) in [5.74, 6) is 0. The van der Waals surface area contributed by atoms with Gasteiger partial charge >= 0.3 is 0 Å². The summed E-state index contributed by atoms with van der Waals surface area (Å²) >= 11 is 12.2. The summed E-state index contributed by atoms with van der Waals surface area (Å²) < 4.78 is 1.71. The van der Waals surface area contributed by atoms with Gasteiger partial charge in [-0.3, -0.25) is 0 Å². The van der Waals surface area contributed by atoms with Crippen molar-refractivity contribution in [2.75, 3.05) is 6.54 Å². The van der Waals surface area contributed by atoms with Crippen molar-refractivity contribution in [3.8, 4) is 5.69 Å². The van der Waals surface area contributed by atoms with Crippen LogP contribution >= 0.6 is 23.2 Å². The predicted octanol–water partition coefficient (Wildman–Crippen LogP) is 3.07. The molecule has 96 valence electrons. The average Bonchev–Trinajstić information content (AvgIpc) is 2.81. The summed E-state index contributed by atoms with van der Waals surface area (Å²) in [6, 6.07) is 5.46.